The van der Waals surface area contributed by atoms with Gasteiger partial charge in [-0.25, -0.2) is 9.37 Å². The average molecular weight is 370 g/mol. The minimum Gasteiger partial charge on any atom is -0.441 e. The number of likely N-dealkylation sites (tertiary alicyclic amines) is 1. The summed E-state index contributed by atoms with van der Waals surface area (Å²) in [7, 11) is 0. The number of carbonyl (C=O) groups is 1. The van der Waals surface area contributed by atoms with Gasteiger partial charge in [0.05, 0.1) is 18.3 Å². The summed E-state index contributed by atoms with van der Waals surface area (Å²) >= 11 is 0. The fourth-order valence-corrected chi connectivity index (χ4v) is 3.26. The number of oxazole rings is 1. The van der Waals surface area contributed by atoms with Crippen molar-refractivity contribution in [3.05, 3.63) is 41.0 Å². The summed E-state index contributed by atoms with van der Waals surface area (Å²) in [6.45, 7) is 4.98. The molecule has 1 fully saturated rings. The van der Waals surface area contributed by atoms with Gasteiger partial charge in [0.1, 0.15) is 17.6 Å². The van der Waals surface area contributed by atoms with Crippen molar-refractivity contribution in [1.29, 1.82) is 5.26 Å². The Kier molecular flexibility index (Phi) is 5.87. The summed E-state index contributed by atoms with van der Waals surface area (Å²) in [4.78, 5) is 18.3. The standard InChI is InChI=1S/C20H23FN4O2/c1-13-10-15(5-6-17(13)21)20-24-18(14(2)27-20)7-8-23-12-19(26)25-9-3-4-16(25)11-22/h5-6,10,16,23H,3-4,7-9,12H2,1-2H3/t16-/m0/s1. The van der Waals surface area contributed by atoms with Crippen molar-refractivity contribution < 1.29 is 13.6 Å². The first-order valence-electron chi connectivity index (χ1n) is 9.12. The van der Waals surface area contributed by atoms with Gasteiger partial charge < -0.3 is 14.6 Å². The van der Waals surface area contributed by atoms with Crippen LogP contribution >= 0.6 is 0 Å². The number of nitrogens with one attached hydrogen (secondary N) is 1. The molecular formula is C20H23FN4O2. The van der Waals surface area contributed by atoms with Gasteiger partial charge >= 0.3 is 0 Å². The molecule has 1 amide bonds. The molecule has 0 saturated carbocycles. The van der Waals surface area contributed by atoms with E-state index in [0.717, 1.165) is 24.1 Å². The van der Waals surface area contributed by atoms with Crippen molar-refractivity contribution in [3.63, 3.8) is 0 Å². The topological polar surface area (TPSA) is 82.2 Å². The van der Waals surface area contributed by atoms with Crippen LogP contribution in [-0.2, 0) is 11.2 Å². The van der Waals surface area contributed by atoms with Crippen LogP contribution in [0.1, 0.15) is 29.9 Å². The van der Waals surface area contributed by atoms with Crippen LogP contribution < -0.4 is 5.32 Å². The van der Waals surface area contributed by atoms with E-state index >= 15 is 0 Å². The predicted molar refractivity (Wildman–Crippen MR) is 98.3 cm³/mol. The zero-order valence-corrected chi connectivity index (χ0v) is 15.6. The van der Waals surface area contributed by atoms with Gasteiger partial charge in [-0.3, -0.25) is 4.79 Å². The second kappa shape index (κ2) is 8.31. The lowest BCUT2D eigenvalue weighted by Gasteiger charge is -2.19. The molecule has 3 rings (SSSR count). The summed E-state index contributed by atoms with van der Waals surface area (Å²) in [5.74, 6) is 0.881. The Morgan fingerprint density at radius 2 is 2.30 bits per heavy atom. The number of aryl methyl sites for hydroxylation is 2. The molecule has 1 aromatic carbocycles. The highest BCUT2D eigenvalue weighted by molar-refractivity contribution is 5.79. The minimum absolute atomic E-state index is 0.0431. The molecule has 1 saturated heterocycles. The van der Waals surface area contributed by atoms with Crippen LogP contribution in [0.5, 0.6) is 0 Å². The fraction of sp³-hybridized carbons (Fsp3) is 0.450. The van der Waals surface area contributed by atoms with E-state index in [1.807, 2.05) is 6.92 Å². The monoisotopic (exact) mass is 370 g/mol. The summed E-state index contributed by atoms with van der Waals surface area (Å²) in [6.07, 6.45) is 2.25. The number of benzene rings is 1. The Hall–Kier alpha value is -2.72. The summed E-state index contributed by atoms with van der Waals surface area (Å²) in [5.41, 5.74) is 2.09. The van der Waals surface area contributed by atoms with Gasteiger partial charge in [-0.1, -0.05) is 0 Å². The number of aromatic nitrogens is 1. The summed E-state index contributed by atoms with van der Waals surface area (Å²) in [6, 6.07) is 6.65. The molecule has 27 heavy (non-hydrogen) atoms. The van der Waals surface area contributed by atoms with Crippen LogP contribution in [0.25, 0.3) is 11.5 Å². The third-order valence-electron chi connectivity index (χ3n) is 4.83. The normalized spacial score (nSPS) is 16.5. The SMILES string of the molecule is Cc1cc(-c2nc(CCNCC(=O)N3CCC[C@H]3C#N)c(C)o2)ccc1F. The molecule has 2 heterocycles. The quantitative estimate of drug-likeness (QED) is 0.791. The van der Waals surface area contributed by atoms with Crippen LogP contribution in [0.15, 0.2) is 22.6 Å². The first kappa shape index (κ1) is 19.1. The Bertz CT molecular complexity index is 871. The molecule has 0 bridgehead atoms. The molecule has 142 valence electrons. The van der Waals surface area contributed by atoms with E-state index in [2.05, 4.69) is 16.4 Å². The second-order valence-electron chi connectivity index (χ2n) is 6.79. The maximum Gasteiger partial charge on any atom is 0.237 e. The molecule has 1 aliphatic heterocycles. The van der Waals surface area contributed by atoms with Crippen molar-refractivity contribution in [2.45, 2.75) is 39.2 Å². The van der Waals surface area contributed by atoms with Crippen molar-refractivity contribution in [3.8, 4) is 17.5 Å². The second-order valence-corrected chi connectivity index (χ2v) is 6.79. The number of halogens is 1. The van der Waals surface area contributed by atoms with E-state index in [-0.39, 0.29) is 24.3 Å². The summed E-state index contributed by atoms with van der Waals surface area (Å²) < 4.78 is 19.1. The van der Waals surface area contributed by atoms with E-state index in [1.165, 1.54) is 6.07 Å². The zero-order chi connectivity index (χ0) is 19.4. The molecule has 6 nitrogen and oxygen atoms in total. The van der Waals surface area contributed by atoms with Gasteiger partial charge in [-0.2, -0.15) is 5.26 Å². The van der Waals surface area contributed by atoms with Gasteiger partial charge in [0.2, 0.25) is 11.8 Å². The Labute approximate surface area is 158 Å². The molecule has 0 radical (unpaired) electrons. The van der Waals surface area contributed by atoms with Crippen LogP contribution in [0.2, 0.25) is 0 Å². The van der Waals surface area contributed by atoms with Gasteiger partial charge in [-0.05, 0) is 50.5 Å². The van der Waals surface area contributed by atoms with Crippen LogP contribution in [0, 0.1) is 31.0 Å². The maximum absolute atomic E-state index is 13.4. The Morgan fingerprint density at radius 1 is 1.48 bits per heavy atom. The van der Waals surface area contributed by atoms with Crippen LogP contribution in [-0.4, -0.2) is 41.5 Å². The lowest BCUT2D eigenvalue weighted by molar-refractivity contribution is -0.130. The highest BCUT2D eigenvalue weighted by atomic mass is 19.1. The van der Waals surface area contributed by atoms with E-state index in [4.69, 9.17) is 9.68 Å². The zero-order valence-electron chi connectivity index (χ0n) is 15.6. The van der Waals surface area contributed by atoms with Crippen LogP contribution in [0.4, 0.5) is 4.39 Å². The van der Waals surface area contributed by atoms with Gasteiger partial charge in [-0.15, -0.1) is 0 Å². The number of nitriles is 1. The lowest BCUT2D eigenvalue weighted by Crippen LogP contribution is -2.41. The highest BCUT2D eigenvalue weighted by Crippen LogP contribution is 2.24. The molecule has 1 atom stereocenters. The number of rotatable bonds is 6. The number of hydrogen-bond donors (Lipinski definition) is 1. The van der Waals surface area contributed by atoms with Crippen molar-refractivity contribution >= 4 is 5.91 Å². The number of amides is 1. The lowest BCUT2D eigenvalue weighted by atomic mass is 10.1. The number of nitrogens with zero attached hydrogens (tertiary/aromatic N) is 3. The first-order valence-corrected chi connectivity index (χ1v) is 9.12. The van der Waals surface area contributed by atoms with Gasteiger partial charge in [0.25, 0.3) is 0 Å². The number of hydrogen-bond acceptors (Lipinski definition) is 5. The Balaban J connectivity index is 1.53. The molecule has 1 N–H and O–H groups in total. The molecule has 0 aliphatic carbocycles. The third kappa shape index (κ3) is 4.34. The largest absolute Gasteiger partial charge is 0.441 e. The van der Waals surface area contributed by atoms with Crippen molar-refractivity contribution in [1.82, 2.24) is 15.2 Å². The minimum atomic E-state index is -0.293. The number of carbonyl (C=O) groups excluding carboxylic acids is 1. The first-order chi connectivity index (χ1) is 13.0. The van der Waals surface area contributed by atoms with Crippen molar-refractivity contribution in [2.75, 3.05) is 19.6 Å². The average Bonchev–Trinajstić information content (AvgIpc) is 3.27. The molecular weight excluding hydrogens is 347 g/mol. The van der Waals surface area contributed by atoms with Gasteiger partial charge in [0, 0.05) is 25.1 Å². The third-order valence-corrected chi connectivity index (χ3v) is 4.83. The Morgan fingerprint density at radius 3 is 3.04 bits per heavy atom. The smallest absolute Gasteiger partial charge is 0.237 e. The van der Waals surface area contributed by atoms with Gasteiger partial charge in [0.15, 0.2) is 0 Å². The molecule has 7 heteroatoms. The molecule has 1 aromatic heterocycles. The van der Waals surface area contributed by atoms with E-state index < -0.39 is 0 Å². The fourth-order valence-electron chi connectivity index (χ4n) is 3.26. The molecule has 1 aliphatic rings. The van der Waals surface area contributed by atoms with E-state index in [0.29, 0.717) is 36.7 Å². The van der Waals surface area contributed by atoms with E-state index in [9.17, 15) is 9.18 Å². The molecule has 2 aromatic rings. The van der Waals surface area contributed by atoms with Crippen LogP contribution in [0.3, 0.4) is 0 Å². The van der Waals surface area contributed by atoms with Crippen molar-refractivity contribution in [2.24, 2.45) is 0 Å². The summed E-state index contributed by atoms with van der Waals surface area (Å²) in [5, 5.41) is 12.2. The predicted octanol–water partition coefficient (Wildman–Crippen LogP) is 2.74. The highest BCUT2D eigenvalue weighted by Gasteiger charge is 2.27. The molecule has 0 spiro atoms. The maximum atomic E-state index is 13.4. The molecule has 0 unspecified atom stereocenters. The van der Waals surface area contributed by atoms with E-state index in [1.54, 1.807) is 24.0 Å².